The van der Waals surface area contributed by atoms with Gasteiger partial charge in [-0.3, -0.25) is 14.5 Å². The monoisotopic (exact) mass is 537 g/mol. The minimum absolute atomic E-state index is 0.0320. The number of ether oxygens (including phenoxy) is 3. The number of hydrogen-bond acceptors (Lipinski definition) is 5. The van der Waals surface area contributed by atoms with Gasteiger partial charge in [0.25, 0.3) is 5.91 Å². The molecule has 204 valence electrons. The number of fused-ring (bicyclic) bond motifs is 3. The van der Waals surface area contributed by atoms with Crippen LogP contribution in [0, 0.1) is 0 Å². The highest BCUT2D eigenvalue weighted by molar-refractivity contribution is 6.00. The molecule has 2 aliphatic rings. The van der Waals surface area contributed by atoms with Gasteiger partial charge in [0.1, 0.15) is 29.8 Å². The SMILES string of the molecule is COc1ccc(OC)c(C2c3cccn3-c3ccccc3N2C(=O)CN(C(=O)COc2ccccc2)C2CC2)c1. The Bertz CT molecular complexity index is 1530. The number of methoxy groups -OCH3 is 2. The fraction of sp³-hybridized carbons (Fsp3) is 0.250. The fourth-order valence-electron chi connectivity index (χ4n) is 5.38. The molecule has 1 aliphatic carbocycles. The lowest BCUT2D eigenvalue weighted by Crippen LogP contribution is -2.48. The Labute approximate surface area is 233 Å². The highest BCUT2D eigenvalue weighted by Gasteiger charge is 2.41. The van der Waals surface area contributed by atoms with E-state index in [0.717, 1.165) is 35.5 Å². The molecule has 2 heterocycles. The smallest absolute Gasteiger partial charge is 0.261 e. The van der Waals surface area contributed by atoms with Gasteiger partial charge in [-0.05, 0) is 67.4 Å². The Morgan fingerprint density at radius 1 is 0.850 bits per heavy atom. The standard InChI is InChI=1S/C32H31N3O5/c1-38-24-16-17-29(39-2)25(19-24)32-28-13-8-18-33(28)26-11-6-7-12-27(26)35(32)30(36)20-34(22-14-15-22)31(37)21-40-23-9-4-3-5-10-23/h3-13,16-19,22,32H,14-15,20-21H2,1-2H3. The molecular weight excluding hydrogens is 506 g/mol. The summed E-state index contributed by atoms with van der Waals surface area (Å²) in [6.45, 7) is -0.181. The van der Waals surface area contributed by atoms with E-state index in [0.29, 0.717) is 17.2 Å². The summed E-state index contributed by atoms with van der Waals surface area (Å²) in [6, 6.07) is 26.2. The highest BCUT2D eigenvalue weighted by Crippen LogP contribution is 2.45. The number of benzene rings is 3. The molecule has 1 saturated carbocycles. The van der Waals surface area contributed by atoms with E-state index in [2.05, 4.69) is 4.57 Å². The van der Waals surface area contributed by atoms with Crippen LogP contribution < -0.4 is 19.1 Å². The molecule has 8 nitrogen and oxygen atoms in total. The first-order chi connectivity index (χ1) is 19.6. The Morgan fingerprint density at radius 3 is 2.33 bits per heavy atom. The van der Waals surface area contributed by atoms with Crippen molar-refractivity contribution in [3.8, 4) is 22.9 Å². The summed E-state index contributed by atoms with van der Waals surface area (Å²) in [7, 11) is 3.23. The average molecular weight is 538 g/mol. The number of carbonyl (C=O) groups is 2. The summed E-state index contributed by atoms with van der Waals surface area (Å²) in [5, 5.41) is 0. The molecule has 1 fully saturated rings. The van der Waals surface area contributed by atoms with Gasteiger partial charge in [0.2, 0.25) is 5.91 Å². The molecular formula is C32H31N3O5. The average Bonchev–Trinajstić information content (AvgIpc) is 3.72. The summed E-state index contributed by atoms with van der Waals surface area (Å²) >= 11 is 0. The van der Waals surface area contributed by atoms with Gasteiger partial charge in [0, 0.05) is 17.8 Å². The molecule has 0 radical (unpaired) electrons. The van der Waals surface area contributed by atoms with Gasteiger partial charge in [-0.15, -0.1) is 0 Å². The minimum Gasteiger partial charge on any atom is -0.497 e. The van der Waals surface area contributed by atoms with Crippen LogP contribution >= 0.6 is 0 Å². The van der Waals surface area contributed by atoms with Crippen LogP contribution in [0.3, 0.4) is 0 Å². The summed E-state index contributed by atoms with van der Waals surface area (Å²) < 4.78 is 19.1. The van der Waals surface area contributed by atoms with Crippen molar-refractivity contribution in [2.45, 2.75) is 24.9 Å². The molecule has 3 aromatic carbocycles. The van der Waals surface area contributed by atoms with Crippen LogP contribution in [-0.2, 0) is 9.59 Å². The number of rotatable bonds is 9. The molecule has 1 aromatic heterocycles. The van der Waals surface area contributed by atoms with Crippen molar-refractivity contribution in [3.05, 3.63) is 102 Å². The van der Waals surface area contributed by atoms with E-state index >= 15 is 0 Å². The van der Waals surface area contributed by atoms with Crippen molar-refractivity contribution in [2.75, 3.05) is 32.3 Å². The second-order valence-corrected chi connectivity index (χ2v) is 9.92. The Kier molecular flexibility index (Phi) is 6.90. The van der Waals surface area contributed by atoms with Crippen LogP contribution in [0.15, 0.2) is 91.1 Å². The molecule has 1 unspecified atom stereocenters. The maximum Gasteiger partial charge on any atom is 0.261 e. The molecule has 4 aromatic rings. The maximum atomic E-state index is 14.4. The van der Waals surface area contributed by atoms with Gasteiger partial charge in [0.05, 0.1) is 31.3 Å². The minimum atomic E-state index is -0.501. The second-order valence-electron chi connectivity index (χ2n) is 9.92. The topological polar surface area (TPSA) is 73.2 Å². The molecule has 40 heavy (non-hydrogen) atoms. The van der Waals surface area contributed by atoms with Crippen molar-refractivity contribution >= 4 is 17.5 Å². The van der Waals surface area contributed by atoms with Crippen LogP contribution in [0.1, 0.15) is 30.1 Å². The van der Waals surface area contributed by atoms with E-state index in [-0.39, 0.29) is 31.0 Å². The zero-order valence-electron chi connectivity index (χ0n) is 22.5. The molecule has 1 atom stereocenters. The number of amides is 2. The van der Waals surface area contributed by atoms with E-state index in [1.807, 2.05) is 91.1 Å². The molecule has 6 rings (SSSR count). The number of hydrogen-bond donors (Lipinski definition) is 0. The van der Waals surface area contributed by atoms with Crippen molar-refractivity contribution < 1.29 is 23.8 Å². The quantitative estimate of drug-likeness (QED) is 0.301. The van der Waals surface area contributed by atoms with Gasteiger partial charge in [-0.2, -0.15) is 0 Å². The predicted octanol–water partition coefficient (Wildman–Crippen LogP) is 5.00. The lowest BCUT2D eigenvalue weighted by molar-refractivity contribution is -0.137. The largest absolute Gasteiger partial charge is 0.497 e. The van der Waals surface area contributed by atoms with Crippen LogP contribution in [0.2, 0.25) is 0 Å². The zero-order valence-corrected chi connectivity index (χ0v) is 22.5. The molecule has 0 N–H and O–H groups in total. The normalized spacial score (nSPS) is 15.6. The van der Waals surface area contributed by atoms with Crippen LogP contribution in [0.25, 0.3) is 5.69 Å². The molecule has 0 bridgehead atoms. The first-order valence-electron chi connectivity index (χ1n) is 13.4. The van der Waals surface area contributed by atoms with E-state index < -0.39 is 6.04 Å². The van der Waals surface area contributed by atoms with E-state index in [9.17, 15) is 9.59 Å². The van der Waals surface area contributed by atoms with E-state index in [1.54, 1.807) is 24.0 Å². The third-order valence-corrected chi connectivity index (χ3v) is 7.44. The van der Waals surface area contributed by atoms with Crippen molar-refractivity contribution in [3.63, 3.8) is 0 Å². The first-order valence-corrected chi connectivity index (χ1v) is 13.4. The number of para-hydroxylation sites is 3. The van der Waals surface area contributed by atoms with Gasteiger partial charge < -0.3 is 23.7 Å². The van der Waals surface area contributed by atoms with Crippen molar-refractivity contribution in [2.24, 2.45) is 0 Å². The third kappa shape index (κ3) is 4.77. The zero-order chi connectivity index (χ0) is 27.6. The summed E-state index contributed by atoms with van der Waals surface area (Å²) in [5.74, 6) is 1.53. The summed E-state index contributed by atoms with van der Waals surface area (Å²) in [4.78, 5) is 31.2. The van der Waals surface area contributed by atoms with Crippen molar-refractivity contribution in [1.29, 1.82) is 0 Å². The van der Waals surface area contributed by atoms with Crippen LogP contribution in [-0.4, -0.2) is 54.7 Å². The van der Waals surface area contributed by atoms with Gasteiger partial charge in [-0.1, -0.05) is 30.3 Å². The number of aromatic nitrogens is 1. The van der Waals surface area contributed by atoms with Gasteiger partial charge in [0.15, 0.2) is 6.61 Å². The molecule has 0 saturated heterocycles. The van der Waals surface area contributed by atoms with Crippen LogP contribution in [0.4, 0.5) is 5.69 Å². The van der Waals surface area contributed by atoms with E-state index in [1.165, 1.54) is 0 Å². The molecule has 8 heteroatoms. The first kappa shape index (κ1) is 25.6. The number of carbonyl (C=O) groups excluding carboxylic acids is 2. The van der Waals surface area contributed by atoms with Gasteiger partial charge in [-0.25, -0.2) is 0 Å². The van der Waals surface area contributed by atoms with Crippen molar-refractivity contribution in [1.82, 2.24) is 9.47 Å². The third-order valence-electron chi connectivity index (χ3n) is 7.44. The second kappa shape index (κ2) is 10.8. The maximum absolute atomic E-state index is 14.4. The predicted molar refractivity (Wildman–Crippen MR) is 151 cm³/mol. The lowest BCUT2D eigenvalue weighted by atomic mass is 9.96. The summed E-state index contributed by atoms with van der Waals surface area (Å²) in [5.41, 5.74) is 3.36. The number of nitrogens with zero attached hydrogens (tertiary/aromatic N) is 3. The lowest BCUT2D eigenvalue weighted by Gasteiger charge is -2.40. The molecule has 1 aliphatic heterocycles. The van der Waals surface area contributed by atoms with Crippen LogP contribution in [0.5, 0.6) is 17.2 Å². The Hall–Kier alpha value is -4.72. The van der Waals surface area contributed by atoms with E-state index in [4.69, 9.17) is 14.2 Å². The Balaban J connectivity index is 1.37. The number of anilines is 1. The van der Waals surface area contributed by atoms with Gasteiger partial charge >= 0.3 is 0 Å². The highest BCUT2D eigenvalue weighted by atomic mass is 16.5. The molecule has 0 spiro atoms. The fourth-order valence-corrected chi connectivity index (χ4v) is 5.38. The summed E-state index contributed by atoms with van der Waals surface area (Å²) in [6.07, 6.45) is 3.74. The Morgan fingerprint density at radius 2 is 1.60 bits per heavy atom. The molecule has 2 amide bonds.